The molecule has 0 saturated heterocycles. The largest absolute Gasteiger partial charge is 0.478 e. The number of primary amides is 1. The highest BCUT2D eigenvalue weighted by molar-refractivity contribution is 5.95. The number of anilines is 1. The molecule has 0 aliphatic carbocycles. The van der Waals surface area contributed by atoms with Gasteiger partial charge >= 0.3 is 0 Å². The highest BCUT2D eigenvalue weighted by Gasteiger charge is 2.07. The Kier molecular flexibility index (Phi) is 4.57. The van der Waals surface area contributed by atoms with E-state index in [1.165, 1.54) is 24.4 Å². The number of carbonyl (C=O) groups excluding carboxylic acids is 2. The van der Waals surface area contributed by atoms with Gasteiger partial charge in [0.25, 0.3) is 5.91 Å². The summed E-state index contributed by atoms with van der Waals surface area (Å²) in [5.74, 6) is -0.892. The molecule has 0 atom stereocenters. The third-order valence-corrected chi connectivity index (χ3v) is 2.83. The number of amides is 2. The molecule has 1 aromatic carbocycles. The molecule has 2 amide bonds. The van der Waals surface area contributed by atoms with E-state index in [9.17, 15) is 14.4 Å². The molecule has 114 valence electrons. The fraction of sp³-hybridized carbons (Fsp3) is 0.133. The maximum Gasteiger partial charge on any atom is 0.262 e. The number of aromatic amines is 1. The monoisotopic (exact) mass is 301 g/mol. The maximum atomic E-state index is 11.7. The van der Waals surface area contributed by atoms with Crippen molar-refractivity contribution in [2.45, 2.75) is 6.92 Å². The van der Waals surface area contributed by atoms with Crippen molar-refractivity contribution in [2.24, 2.45) is 5.73 Å². The number of benzene rings is 1. The average Bonchev–Trinajstić information content (AvgIpc) is 2.47. The van der Waals surface area contributed by atoms with Crippen LogP contribution >= 0.6 is 0 Å². The number of rotatable bonds is 5. The molecule has 4 N–H and O–H groups in total. The molecule has 7 heteroatoms. The van der Waals surface area contributed by atoms with Crippen molar-refractivity contribution < 1.29 is 14.3 Å². The molecule has 1 aromatic heterocycles. The van der Waals surface area contributed by atoms with Gasteiger partial charge < -0.3 is 20.8 Å². The molecule has 1 heterocycles. The SMILES string of the molecule is Cc1cc(=O)c(OCC(=O)Nc2ccc(C(N)=O)cc2)c[nH]1. The lowest BCUT2D eigenvalue weighted by molar-refractivity contribution is -0.118. The summed E-state index contributed by atoms with van der Waals surface area (Å²) >= 11 is 0. The van der Waals surface area contributed by atoms with E-state index in [2.05, 4.69) is 10.3 Å². The smallest absolute Gasteiger partial charge is 0.262 e. The zero-order chi connectivity index (χ0) is 16.1. The number of ether oxygens (including phenoxy) is 1. The lowest BCUT2D eigenvalue weighted by Crippen LogP contribution is -2.22. The number of hydrogen-bond acceptors (Lipinski definition) is 4. The first-order valence-corrected chi connectivity index (χ1v) is 6.47. The third kappa shape index (κ3) is 3.95. The summed E-state index contributed by atoms with van der Waals surface area (Å²) in [7, 11) is 0. The second-order valence-electron chi connectivity index (χ2n) is 4.62. The predicted molar refractivity (Wildman–Crippen MR) is 80.9 cm³/mol. The van der Waals surface area contributed by atoms with Gasteiger partial charge in [0.05, 0.1) is 0 Å². The molecule has 0 radical (unpaired) electrons. The Bertz CT molecular complexity index is 750. The number of nitrogens with one attached hydrogen (secondary N) is 2. The molecule has 0 saturated carbocycles. The van der Waals surface area contributed by atoms with Crippen LogP contribution in [0.1, 0.15) is 16.1 Å². The van der Waals surface area contributed by atoms with Crippen LogP contribution < -0.4 is 21.2 Å². The molecule has 22 heavy (non-hydrogen) atoms. The van der Waals surface area contributed by atoms with E-state index < -0.39 is 11.8 Å². The zero-order valence-corrected chi connectivity index (χ0v) is 11.9. The number of pyridine rings is 1. The molecule has 0 bridgehead atoms. The van der Waals surface area contributed by atoms with Crippen molar-refractivity contribution in [3.05, 3.63) is 58.0 Å². The summed E-state index contributed by atoms with van der Waals surface area (Å²) in [5, 5.41) is 2.58. The minimum atomic E-state index is -0.542. The molecular formula is C15H15N3O4. The van der Waals surface area contributed by atoms with E-state index in [-0.39, 0.29) is 17.8 Å². The highest BCUT2D eigenvalue weighted by Crippen LogP contribution is 2.09. The predicted octanol–water partition coefficient (Wildman–Crippen LogP) is 0.800. The number of nitrogens with two attached hydrogens (primary N) is 1. The van der Waals surface area contributed by atoms with Crippen molar-refractivity contribution in [2.75, 3.05) is 11.9 Å². The van der Waals surface area contributed by atoms with Crippen molar-refractivity contribution in [3.8, 4) is 5.75 Å². The van der Waals surface area contributed by atoms with Gasteiger partial charge in [-0.1, -0.05) is 0 Å². The van der Waals surface area contributed by atoms with Crippen LogP contribution in [0.5, 0.6) is 5.75 Å². The Labute approximate surface area is 126 Å². The Morgan fingerprint density at radius 2 is 1.95 bits per heavy atom. The number of carbonyl (C=O) groups is 2. The van der Waals surface area contributed by atoms with Crippen LogP contribution in [0.4, 0.5) is 5.69 Å². The number of hydrogen-bond donors (Lipinski definition) is 3. The number of H-pyrrole nitrogens is 1. The molecule has 2 aromatic rings. The Balaban J connectivity index is 1.92. The number of aryl methyl sites for hydroxylation is 1. The standard InChI is InChI=1S/C15H15N3O4/c1-9-6-12(19)13(7-17-9)22-8-14(20)18-11-4-2-10(3-5-11)15(16)21/h2-7H,8H2,1H3,(H2,16,21)(H,17,19)(H,18,20). The van der Waals surface area contributed by atoms with Gasteiger partial charge in [-0.25, -0.2) is 0 Å². The number of aromatic nitrogens is 1. The van der Waals surface area contributed by atoms with E-state index in [4.69, 9.17) is 10.5 Å². The third-order valence-electron chi connectivity index (χ3n) is 2.83. The molecule has 0 spiro atoms. The summed E-state index contributed by atoms with van der Waals surface area (Å²) < 4.78 is 5.16. The summed E-state index contributed by atoms with van der Waals surface area (Å²) in [6, 6.07) is 7.50. The first-order valence-electron chi connectivity index (χ1n) is 6.47. The van der Waals surface area contributed by atoms with Crippen LogP contribution in [-0.4, -0.2) is 23.4 Å². The van der Waals surface area contributed by atoms with Crippen LogP contribution in [0.2, 0.25) is 0 Å². The maximum absolute atomic E-state index is 11.7. The molecule has 2 rings (SSSR count). The molecule has 0 aliphatic rings. The van der Waals surface area contributed by atoms with Gasteiger partial charge in [-0.2, -0.15) is 0 Å². The molecule has 0 fully saturated rings. The fourth-order valence-electron chi connectivity index (χ4n) is 1.73. The normalized spacial score (nSPS) is 10.0. The minimum Gasteiger partial charge on any atom is -0.478 e. The van der Waals surface area contributed by atoms with Gasteiger partial charge in [0.15, 0.2) is 12.4 Å². The summed E-state index contributed by atoms with van der Waals surface area (Å²) in [6.07, 6.45) is 1.41. The first-order chi connectivity index (χ1) is 10.5. The van der Waals surface area contributed by atoms with Gasteiger partial charge in [0, 0.05) is 29.2 Å². The second-order valence-corrected chi connectivity index (χ2v) is 4.62. The van der Waals surface area contributed by atoms with Gasteiger partial charge in [-0.15, -0.1) is 0 Å². The Morgan fingerprint density at radius 3 is 2.55 bits per heavy atom. The van der Waals surface area contributed by atoms with Crippen LogP contribution in [0.15, 0.2) is 41.3 Å². The van der Waals surface area contributed by atoms with Crippen LogP contribution in [0.3, 0.4) is 0 Å². The highest BCUT2D eigenvalue weighted by atomic mass is 16.5. The van der Waals surface area contributed by atoms with E-state index in [0.29, 0.717) is 16.9 Å². The van der Waals surface area contributed by atoms with E-state index in [1.54, 1.807) is 19.1 Å². The van der Waals surface area contributed by atoms with Crippen molar-refractivity contribution >= 4 is 17.5 Å². The Hall–Kier alpha value is -3.09. The first kappa shape index (κ1) is 15.3. The lowest BCUT2D eigenvalue weighted by Gasteiger charge is -2.07. The summed E-state index contributed by atoms with van der Waals surface area (Å²) in [6.45, 7) is 1.44. The van der Waals surface area contributed by atoms with Gasteiger partial charge in [-0.3, -0.25) is 14.4 Å². The van der Waals surface area contributed by atoms with Crippen molar-refractivity contribution in [3.63, 3.8) is 0 Å². The summed E-state index contributed by atoms with van der Waals surface area (Å²) in [5.41, 5.74) is 6.38. The zero-order valence-electron chi connectivity index (χ0n) is 11.9. The molecule has 0 aliphatic heterocycles. The topological polar surface area (TPSA) is 114 Å². The van der Waals surface area contributed by atoms with Gasteiger partial charge in [0.1, 0.15) is 0 Å². The molecule has 7 nitrogen and oxygen atoms in total. The van der Waals surface area contributed by atoms with E-state index in [0.717, 1.165) is 0 Å². The summed E-state index contributed by atoms with van der Waals surface area (Å²) in [4.78, 5) is 37.1. The minimum absolute atomic E-state index is 0.0739. The second kappa shape index (κ2) is 6.57. The Morgan fingerprint density at radius 1 is 1.27 bits per heavy atom. The van der Waals surface area contributed by atoms with Gasteiger partial charge in [0.2, 0.25) is 11.3 Å². The quantitative estimate of drug-likeness (QED) is 0.757. The fourth-order valence-corrected chi connectivity index (χ4v) is 1.73. The van der Waals surface area contributed by atoms with Gasteiger partial charge in [-0.05, 0) is 31.2 Å². The van der Waals surface area contributed by atoms with Crippen molar-refractivity contribution in [1.29, 1.82) is 0 Å². The molecular weight excluding hydrogens is 286 g/mol. The van der Waals surface area contributed by atoms with Crippen LogP contribution in [-0.2, 0) is 4.79 Å². The van der Waals surface area contributed by atoms with Crippen LogP contribution in [0.25, 0.3) is 0 Å². The average molecular weight is 301 g/mol. The van der Waals surface area contributed by atoms with Crippen LogP contribution in [0, 0.1) is 6.92 Å². The lowest BCUT2D eigenvalue weighted by atomic mass is 10.2. The molecule has 0 unspecified atom stereocenters. The van der Waals surface area contributed by atoms with Crippen molar-refractivity contribution in [1.82, 2.24) is 4.98 Å². The van der Waals surface area contributed by atoms with E-state index >= 15 is 0 Å². The van der Waals surface area contributed by atoms with E-state index in [1.807, 2.05) is 0 Å².